The van der Waals surface area contributed by atoms with Gasteiger partial charge in [0.15, 0.2) is 17.1 Å². The summed E-state index contributed by atoms with van der Waals surface area (Å²) in [6.07, 6.45) is 2.48. The SMILES string of the molecule is CSc1nc(Cl)c2c(C=O)[nH]nc2n1. The van der Waals surface area contributed by atoms with Gasteiger partial charge in [0.2, 0.25) is 0 Å². The number of nitrogens with zero attached hydrogens (tertiary/aromatic N) is 3. The first-order valence-corrected chi connectivity index (χ1v) is 5.27. The number of nitrogens with one attached hydrogen (secondary N) is 1. The average molecular weight is 229 g/mol. The highest BCUT2D eigenvalue weighted by molar-refractivity contribution is 7.98. The summed E-state index contributed by atoms with van der Waals surface area (Å²) < 4.78 is 0. The molecule has 0 radical (unpaired) electrons. The minimum atomic E-state index is 0.246. The van der Waals surface area contributed by atoms with Gasteiger partial charge in [-0.15, -0.1) is 0 Å². The van der Waals surface area contributed by atoms with E-state index in [4.69, 9.17) is 11.6 Å². The molecule has 72 valence electrons. The largest absolute Gasteiger partial charge is 0.296 e. The minimum Gasteiger partial charge on any atom is -0.296 e. The lowest BCUT2D eigenvalue weighted by atomic mass is 10.3. The van der Waals surface area contributed by atoms with E-state index in [0.717, 1.165) is 0 Å². The molecule has 0 saturated heterocycles. The Morgan fingerprint density at radius 2 is 2.29 bits per heavy atom. The molecule has 0 aromatic carbocycles. The Bertz CT molecular complexity index is 498. The Morgan fingerprint density at radius 1 is 1.50 bits per heavy atom. The van der Waals surface area contributed by atoms with Crippen LogP contribution in [0.3, 0.4) is 0 Å². The van der Waals surface area contributed by atoms with Gasteiger partial charge in [0, 0.05) is 0 Å². The summed E-state index contributed by atoms with van der Waals surface area (Å²) in [6, 6.07) is 0. The van der Waals surface area contributed by atoms with Gasteiger partial charge in [0.1, 0.15) is 10.8 Å². The van der Waals surface area contributed by atoms with E-state index in [0.29, 0.717) is 28.2 Å². The van der Waals surface area contributed by atoms with Crippen LogP contribution in [0.4, 0.5) is 0 Å². The number of hydrogen-bond acceptors (Lipinski definition) is 5. The van der Waals surface area contributed by atoms with Crippen LogP contribution in [-0.4, -0.2) is 32.7 Å². The number of carbonyl (C=O) groups excluding carboxylic acids is 1. The van der Waals surface area contributed by atoms with E-state index in [9.17, 15) is 4.79 Å². The molecule has 0 aliphatic rings. The third-order valence-electron chi connectivity index (χ3n) is 1.68. The summed E-state index contributed by atoms with van der Waals surface area (Å²) in [7, 11) is 0. The summed E-state index contributed by atoms with van der Waals surface area (Å²) >= 11 is 7.25. The molecule has 7 heteroatoms. The maximum Gasteiger partial charge on any atom is 0.190 e. The Labute approximate surface area is 88.3 Å². The summed E-state index contributed by atoms with van der Waals surface area (Å²) in [5.41, 5.74) is 0.717. The van der Waals surface area contributed by atoms with E-state index in [1.807, 2.05) is 6.26 Å². The maximum atomic E-state index is 10.6. The Hall–Kier alpha value is -1.14. The van der Waals surface area contributed by atoms with Crippen LogP contribution >= 0.6 is 23.4 Å². The molecule has 0 atom stereocenters. The first-order chi connectivity index (χ1) is 6.76. The molecule has 0 amide bonds. The monoisotopic (exact) mass is 228 g/mol. The van der Waals surface area contributed by atoms with E-state index in [2.05, 4.69) is 20.2 Å². The smallest absolute Gasteiger partial charge is 0.190 e. The zero-order chi connectivity index (χ0) is 10.1. The summed E-state index contributed by atoms with van der Waals surface area (Å²) in [5, 5.41) is 7.65. The number of fused-ring (bicyclic) bond motifs is 1. The van der Waals surface area contributed by atoms with Crippen LogP contribution in [0.2, 0.25) is 5.15 Å². The molecule has 2 aromatic heterocycles. The van der Waals surface area contributed by atoms with E-state index in [1.54, 1.807) is 0 Å². The number of aromatic nitrogens is 4. The lowest BCUT2D eigenvalue weighted by molar-refractivity contribution is 0.112. The van der Waals surface area contributed by atoms with Crippen molar-refractivity contribution >= 4 is 40.7 Å². The van der Waals surface area contributed by atoms with Gasteiger partial charge >= 0.3 is 0 Å². The van der Waals surface area contributed by atoms with Gasteiger partial charge in [0.25, 0.3) is 0 Å². The van der Waals surface area contributed by atoms with Crippen LogP contribution in [-0.2, 0) is 0 Å². The highest BCUT2D eigenvalue weighted by Gasteiger charge is 2.12. The van der Waals surface area contributed by atoms with Gasteiger partial charge < -0.3 is 0 Å². The molecule has 0 aliphatic carbocycles. The molecule has 0 spiro atoms. The zero-order valence-corrected chi connectivity index (χ0v) is 8.69. The maximum absolute atomic E-state index is 10.6. The number of hydrogen-bond donors (Lipinski definition) is 1. The third kappa shape index (κ3) is 1.36. The van der Waals surface area contributed by atoms with Crippen molar-refractivity contribution in [2.24, 2.45) is 0 Å². The number of carbonyl (C=O) groups is 1. The lowest BCUT2D eigenvalue weighted by Gasteiger charge is -1.96. The van der Waals surface area contributed by atoms with Crippen molar-refractivity contribution in [1.29, 1.82) is 0 Å². The van der Waals surface area contributed by atoms with Crippen LogP contribution < -0.4 is 0 Å². The third-order valence-corrected chi connectivity index (χ3v) is 2.50. The van der Waals surface area contributed by atoms with Gasteiger partial charge in [0.05, 0.1) is 5.39 Å². The fourth-order valence-electron chi connectivity index (χ4n) is 1.06. The highest BCUT2D eigenvalue weighted by Crippen LogP contribution is 2.23. The highest BCUT2D eigenvalue weighted by atomic mass is 35.5. The predicted octanol–water partition coefficient (Wildman–Crippen LogP) is 1.54. The number of aldehydes is 1. The predicted molar refractivity (Wildman–Crippen MR) is 53.9 cm³/mol. The van der Waals surface area contributed by atoms with Crippen LogP contribution in [0.5, 0.6) is 0 Å². The first kappa shape index (κ1) is 9.42. The van der Waals surface area contributed by atoms with E-state index < -0.39 is 0 Å². The van der Waals surface area contributed by atoms with Crippen molar-refractivity contribution in [3.63, 3.8) is 0 Å². The van der Waals surface area contributed by atoms with Gasteiger partial charge in [-0.25, -0.2) is 9.97 Å². The molecule has 14 heavy (non-hydrogen) atoms. The van der Waals surface area contributed by atoms with Crippen molar-refractivity contribution < 1.29 is 4.79 Å². The standard InChI is InChI=1S/C7H5ClN4OS/c1-14-7-9-5(8)4-3(2-13)11-12-6(4)10-7/h2H,1H3,(H,9,10,11,12). The second-order valence-electron chi connectivity index (χ2n) is 2.45. The molecule has 0 bridgehead atoms. The first-order valence-electron chi connectivity index (χ1n) is 3.67. The Morgan fingerprint density at radius 3 is 2.93 bits per heavy atom. The molecule has 0 aliphatic heterocycles. The van der Waals surface area contributed by atoms with Crippen molar-refractivity contribution in [3.05, 3.63) is 10.8 Å². The van der Waals surface area contributed by atoms with Crippen molar-refractivity contribution in [2.75, 3.05) is 6.26 Å². The summed E-state index contributed by atoms with van der Waals surface area (Å²) in [4.78, 5) is 18.7. The number of rotatable bonds is 2. The summed E-state index contributed by atoms with van der Waals surface area (Å²) in [5.74, 6) is 0. The molecule has 2 aromatic rings. The number of thioether (sulfide) groups is 1. The topological polar surface area (TPSA) is 71.5 Å². The minimum absolute atomic E-state index is 0.246. The van der Waals surface area contributed by atoms with Gasteiger partial charge in [-0.3, -0.25) is 9.89 Å². The van der Waals surface area contributed by atoms with Crippen molar-refractivity contribution in [3.8, 4) is 0 Å². The molecular formula is C7H5ClN4OS. The van der Waals surface area contributed by atoms with Gasteiger partial charge in [-0.05, 0) is 6.26 Å². The zero-order valence-electron chi connectivity index (χ0n) is 7.11. The second kappa shape index (κ2) is 3.55. The second-order valence-corrected chi connectivity index (χ2v) is 3.59. The molecule has 0 fully saturated rings. The van der Waals surface area contributed by atoms with Gasteiger partial charge in [-0.2, -0.15) is 5.10 Å². The molecule has 5 nitrogen and oxygen atoms in total. The molecule has 0 unspecified atom stereocenters. The van der Waals surface area contributed by atoms with Crippen LogP contribution in [0.1, 0.15) is 10.5 Å². The van der Waals surface area contributed by atoms with Crippen LogP contribution in [0.25, 0.3) is 11.0 Å². The van der Waals surface area contributed by atoms with E-state index >= 15 is 0 Å². The fourth-order valence-corrected chi connectivity index (χ4v) is 1.74. The number of aromatic amines is 1. The van der Waals surface area contributed by atoms with Crippen LogP contribution in [0.15, 0.2) is 5.16 Å². The molecule has 2 heterocycles. The molecule has 2 rings (SSSR count). The molecular weight excluding hydrogens is 224 g/mol. The van der Waals surface area contributed by atoms with E-state index in [-0.39, 0.29) is 5.15 Å². The Balaban J connectivity index is 2.78. The van der Waals surface area contributed by atoms with E-state index in [1.165, 1.54) is 11.8 Å². The number of H-pyrrole nitrogens is 1. The average Bonchev–Trinajstić information content (AvgIpc) is 2.61. The van der Waals surface area contributed by atoms with Crippen LogP contribution in [0, 0.1) is 0 Å². The lowest BCUT2D eigenvalue weighted by Crippen LogP contribution is -1.89. The van der Waals surface area contributed by atoms with Crippen molar-refractivity contribution in [1.82, 2.24) is 20.2 Å². The Kier molecular flexibility index (Phi) is 2.39. The fraction of sp³-hybridized carbons (Fsp3) is 0.143. The normalized spacial score (nSPS) is 10.7. The molecule has 1 N–H and O–H groups in total. The quantitative estimate of drug-likeness (QED) is 0.365. The number of halogens is 1. The van der Waals surface area contributed by atoms with Crippen molar-refractivity contribution in [2.45, 2.75) is 5.16 Å². The summed E-state index contributed by atoms with van der Waals surface area (Å²) in [6.45, 7) is 0. The molecule has 0 saturated carbocycles. The van der Waals surface area contributed by atoms with Gasteiger partial charge in [-0.1, -0.05) is 23.4 Å².